The van der Waals surface area contributed by atoms with Crippen LogP contribution in [0.4, 0.5) is 11.4 Å². The van der Waals surface area contributed by atoms with Crippen LogP contribution in [0.5, 0.6) is 0 Å². The van der Waals surface area contributed by atoms with Crippen LogP contribution in [0, 0.1) is 0 Å². The molecule has 0 amide bonds. The average Bonchev–Trinajstić information content (AvgIpc) is 2.41. The summed E-state index contributed by atoms with van der Waals surface area (Å²) >= 11 is 3.13. The van der Waals surface area contributed by atoms with Gasteiger partial charge < -0.3 is 10.8 Å². The zero-order valence-electron chi connectivity index (χ0n) is 10.4. The average molecular weight is 372 g/mol. The number of nitrogen functional groups attached to an aromatic ring is 1. The van der Waals surface area contributed by atoms with Crippen LogP contribution in [0.1, 0.15) is 10.4 Å². The minimum atomic E-state index is -4.09. The Morgan fingerprint density at radius 2 is 2.00 bits per heavy atom. The normalized spacial score (nSPS) is 11.1. The lowest BCUT2D eigenvalue weighted by Crippen LogP contribution is -2.17. The Labute approximate surface area is 129 Å². The van der Waals surface area contributed by atoms with Crippen molar-refractivity contribution in [3.63, 3.8) is 0 Å². The Morgan fingerprint density at radius 3 is 2.57 bits per heavy atom. The number of halogens is 1. The second-order valence-corrected chi connectivity index (χ2v) is 6.50. The molecule has 2 aromatic rings. The molecule has 7 nitrogen and oxygen atoms in total. The second-order valence-electron chi connectivity index (χ2n) is 4.04. The molecule has 0 radical (unpaired) electrons. The highest BCUT2D eigenvalue weighted by atomic mass is 79.9. The number of hydrogen-bond donors (Lipinski definition) is 3. The van der Waals surface area contributed by atoms with Crippen LogP contribution in [0.15, 0.2) is 46.0 Å². The smallest absolute Gasteiger partial charge is 0.337 e. The van der Waals surface area contributed by atoms with E-state index >= 15 is 0 Å². The second kappa shape index (κ2) is 5.70. The SMILES string of the molecule is Nc1ccc(C(=O)O)c(S(=O)(=O)Nc2ccc(Br)nc2)c1. The minimum Gasteiger partial charge on any atom is -0.478 e. The largest absolute Gasteiger partial charge is 0.478 e. The first-order chi connectivity index (χ1) is 9.79. The molecule has 0 bridgehead atoms. The van der Waals surface area contributed by atoms with Gasteiger partial charge in [-0.3, -0.25) is 4.72 Å². The predicted molar refractivity (Wildman–Crippen MR) is 80.6 cm³/mol. The molecule has 1 aromatic heterocycles. The van der Waals surface area contributed by atoms with Crippen LogP contribution in [0.2, 0.25) is 0 Å². The van der Waals surface area contributed by atoms with E-state index in [0.717, 1.165) is 12.1 Å². The van der Waals surface area contributed by atoms with Gasteiger partial charge in [0.15, 0.2) is 0 Å². The van der Waals surface area contributed by atoms with Crippen LogP contribution in [-0.4, -0.2) is 24.5 Å². The Balaban J connectivity index is 2.46. The molecule has 0 saturated carbocycles. The maximum atomic E-state index is 12.3. The van der Waals surface area contributed by atoms with Crippen molar-refractivity contribution in [1.82, 2.24) is 4.98 Å². The summed E-state index contributed by atoms with van der Waals surface area (Å²) in [5, 5.41) is 9.07. The van der Waals surface area contributed by atoms with Crippen LogP contribution >= 0.6 is 15.9 Å². The summed E-state index contributed by atoms with van der Waals surface area (Å²) in [5.74, 6) is -1.36. The van der Waals surface area contributed by atoms with Crippen molar-refractivity contribution in [3.05, 3.63) is 46.7 Å². The molecule has 1 heterocycles. The van der Waals surface area contributed by atoms with Gasteiger partial charge in [0.2, 0.25) is 0 Å². The minimum absolute atomic E-state index is 0.148. The fourth-order valence-electron chi connectivity index (χ4n) is 1.58. The van der Waals surface area contributed by atoms with Crippen molar-refractivity contribution >= 4 is 43.3 Å². The molecule has 2 rings (SSSR count). The highest BCUT2D eigenvalue weighted by Gasteiger charge is 2.22. The molecular formula is C12H10BrN3O4S. The van der Waals surface area contributed by atoms with Gasteiger partial charge in [0.05, 0.1) is 17.4 Å². The van der Waals surface area contributed by atoms with E-state index < -0.39 is 20.9 Å². The molecule has 9 heteroatoms. The van der Waals surface area contributed by atoms with Gasteiger partial charge in [-0.15, -0.1) is 0 Å². The van der Waals surface area contributed by atoms with Crippen LogP contribution in [-0.2, 0) is 10.0 Å². The number of anilines is 2. The van der Waals surface area contributed by atoms with Gasteiger partial charge in [-0.1, -0.05) is 0 Å². The molecule has 0 aliphatic carbocycles. The van der Waals surface area contributed by atoms with Gasteiger partial charge in [0, 0.05) is 5.69 Å². The molecule has 0 saturated heterocycles. The van der Waals surface area contributed by atoms with Crippen molar-refractivity contribution in [2.75, 3.05) is 10.5 Å². The lowest BCUT2D eigenvalue weighted by atomic mass is 10.2. The first-order valence-electron chi connectivity index (χ1n) is 5.57. The summed E-state index contributed by atoms with van der Waals surface area (Å²) in [7, 11) is -4.09. The van der Waals surface area contributed by atoms with Gasteiger partial charge in [0.1, 0.15) is 9.50 Å². The molecule has 0 aliphatic rings. The fourth-order valence-corrected chi connectivity index (χ4v) is 3.10. The van der Waals surface area contributed by atoms with E-state index in [4.69, 9.17) is 10.8 Å². The molecule has 110 valence electrons. The summed E-state index contributed by atoms with van der Waals surface area (Å²) in [6, 6.07) is 6.60. The molecule has 0 fully saturated rings. The quantitative estimate of drug-likeness (QED) is 0.557. The van der Waals surface area contributed by atoms with Crippen molar-refractivity contribution in [2.24, 2.45) is 0 Å². The Hall–Kier alpha value is -2.13. The number of rotatable bonds is 4. The number of hydrogen-bond acceptors (Lipinski definition) is 5. The lowest BCUT2D eigenvalue weighted by Gasteiger charge is -2.11. The number of nitrogens with two attached hydrogens (primary N) is 1. The van der Waals surface area contributed by atoms with E-state index in [9.17, 15) is 13.2 Å². The maximum Gasteiger partial charge on any atom is 0.337 e. The van der Waals surface area contributed by atoms with E-state index in [1.54, 1.807) is 6.07 Å². The number of sulfonamides is 1. The van der Waals surface area contributed by atoms with Crippen LogP contribution in [0.3, 0.4) is 0 Å². The van der Waals surface area contributed by atoms with Gasteiger partial charge in [0.25, 0.3) is 10.0 Å². The number of benzene rings is 1. The van der Waals surface area contributed by atoms with Crippen LogP contribution in [0.25, 0.3) is 0 Å². The molecule has 1 aromatic carbocycles. The van der Waals surface area contributed by atoms with E-state index in [-0.39, 0.29) is 16.9 Å². The fraction of sp³-hybridized carbons (Fsp3) is 0. The third-order valence-corrected chi connectivity index (χ3v) is 4.40. The van der Waals surface area contributed by atoms with E-state index in [1.165, 1.54) is 18.3 Å². The molecule has 0 atom stereocenters. The third kappa shape index (κ3) is 3.50. The number of carbonyl (C=O) groups is 1. The number of aromatic nitrogens is 1. The molecular weight excluding hydrogens is 362 g/mol. The molecule has 21 heavy (non-hydrogen) atoms. The highest BCUT2D eigenvalue weighted by molar-refractivity contribution is 9.10. The summed E-state index contributed by atoms with van der Waals surface area (Å²) in [4.78, 5) is 14.6. The van der Waals surface area contributed by atoms with Gasteiger partial charge in [-0.05, 0) is 46.3 Å². The Kier molecular flexibility index (Phi) is 4.14. The number of pyridine rings is 1. The Morgan fingerprint density at radius 1 is 1.29 bits per heavy atom. The number of carboxylic acids is 1. The monoisotopic (exact) mass is 371 g/mol. The number of aromatic carboxylic acids is 1. The summed E-state index contributed by atoms with van der Waals surface area (Å²) in [6.07, 6.45) is 1.30. The zero-order valence-corrected chi connectivity index (χ0v) is 12.8. The van der Waals surface area contributed by atoms with Crippen LogP contribution < -0.4 is 10.5 Å². The van der Waals surface area contributed by atoms with Crippen molar-refractivity contribution in [3.8, 4) is 0 Å². The number of nitrogens with zero attached hydrogens (tertiary/aromatic N) is 1. The Bertz CT molecular complexity index is 791. The van der Waals surface area contributed by atoms with Crippen molar-refractivity contribution in [2.45, 2.75) is 4.90 Å². The molecule has 4 N–H and O–H groups in total. The standard InChI is InChI=1S/C12H10BrN3O4S/c13-11-4-2-8(6-15-11)16-21(19,20)10-5-7(14)1-3-9(10)12(17)18/h1-6,16H,14H2,(H,17,18). The van der Waals surface area contributed by atoms with Crippen molar-refractivity contribution < 1.29 is 18.3 Å². The number of nitrogens with one attached hydrogen (secondary N) is 1. The van der Waals surface area contributed by atoms with E-state index in [1.807, 2.05) is 0 Å². The van der Waals surface area contributed by atoms with E-state index in [0.29, 0.717) is 4.60 Å². The third-order valence-electron chi connectivity index (χ3n) is 2.51. The molecule has 0 unspecified atom stereocenters. The number of carboxylic acid groups (broad SMARTS) is 1. The maximum absolute atomic E-state index is 12.3. The van der Waals surface area contributed by atoms with Gasteiger partial charge in [-0.25, -0.2) is 18.2 Å². The zero-order chi connectivity index (χ0) is 15.6. The lowest BCUT2D eigenvalue weighted by molar-refractivity contribution is 0.0692. The first kappa shape index (κ1) is 15.3. The summed E-state index contributed by atoms with van der Waals surface area (Å²) < 4.78 is 27.4. The molecule has 0 spiro atoms. The van der Waals surface area contributed by atoms with Gasteiger partial charge in [-0.2, -0.15) is 0 Å². The predicted octanol–water partition coefficient (Wildman–Crippen LogP) is 1.93. The van der Waals surface area contributed by atoms with E-state index in [2.05, 4.69) is 25.6 Å². The summed E-state index contributed by atoms with van der Waals surface area (Å²) in [5.41, 5.74) is 5.53. The summed E-state index contributed by atoms with van der Waals surface area (Å²) in [6.45, 7) is 0. The first-order valence-corrected chi connectivity index (χ1v) is 7.84. The topological polar surface area (TPSA) is 122 Å². The van der Waals surface area contributed by atoms with Gasteiger partial charge >= 0.3 is 5.97 Å². The molecule has 0 aliphatic heterocycles. The van der Waals surface area contributed by atoms with Crippen molar-refractivity contribution in [1.29, 1.82) is 0 Å². The highest BCUT2D eigenvalue weighted by Crippen LogP contribution is 2.22.